The van der Waals surface area contributed by atoms with E-state index in [-0.39, 0.29) is 5.97 Å². The first-order valence-corrected chi connectivity index (χ1v) is 10.9. The van der Waals surface area contributed by atoms with E-state index in [0.29, 0.717) is 6.42 Å². The van der Waals surface area contributed by atoms with Gasteiger partial charge in [-0.05, 0) is 64.6 Å². The Labute approximate surface area is 174 Å². The van der Waals surface area contributed by atoms with Crippen LogP contribution in [0.15, 0.2) is 60.7 Å². The average molecular weight is 389 g/mol. The number of rotatable bonds is 11. The lowest BCUT2D eigenvalue weighted by atomic mass is 10.0. The lowest BCUT2D eigenvalue weighted by Crippen LogP contribution is -1.99. The fraction of sp³-hybridized carbons (Fsp3) is 0.370. The molecular formula is C27H32O2. The molecular weight excluding hydrogens is 356 g/mol. The second-order valence-electron chi connectivity index (χ2n) is 7.80. The highest BCUT2D eigenvalue weighted by Gasteiger charge is 2.00. The number of fused-ring (bicyclic) bond motifs is 2. The quantitative estimate of drug-likeness (QED) is 0.191. The first kappa shape index (κ1) is 21.1. The first-order chi connectivity index (χ1) is 14.3. The van der Waals surface area contributed by atoms with Gasteiger partial charge in [-0.25, -0.2) is 0 Å². The van der Waals surface area contributed by atoms with Crippen LogP contribution in [0.5, 0.6) is 0 Å². The molecule has 0 unspecified atom stereocenters. The Balaban J connectivity index is 1.35. The molecule has 152 valence electrons. The normalized spacial score (nSPS) is 11.5. The molecule has 0 aliphatic carbocycles. The Kier molecular flexibility index (Phi) is 8.30. The first-order valence-electron chi connectivity index (χ1n) is 10.9. The number of hydrogen-bond acceptors (Lipinski definition) is 2. The summed E-state index contributed by atoms with van der Waals surface area (Å²) in [4.78, 5) is 11.0. The fourth-order valence-electron chi connectivity index (χ4n) is 3.80. The molecule has 0 amide bonds. The molecule has 0 saturated heterocycles. The van der Waals surface area contributed by atoms with Crippen molar-refractivity contribution in [1.82, 2.24) is 0 Å². The molecule has 0 bridgehead atoms. The van der Waals surface area contributed by atoms with Gasteiger partial charge in [0.1, 0.15) is 0 Å². The number of benzene rings is 3. The van der Waals surface area contributed by atoms with Crippen LogP contribution in [0.2, 0.25) is 0 Å². The maximum absolute atomic E-state index is 11.0. The number of carbonyl (C=O) groups excluding carboxylic acids is 1. The molecule has 29 heavy (non-hydrogen) atoms. The number of carbonyl (C=O) groups is 1. The highest BCUT2D eigenvalue weighted by Crippen LogP contribution is 2.24. The molecule has 0 aliphatic heterocycles. The Hall–Kier alpha value is -2.61. The molecule has 0 aromatic heterocycles. The molecule has 0 heterocycles. The molecule has 3 aromatic carbocycles. The van der Waals surface area contributed by atoms with Crippen LogP contribution in [-0.4, -0.2) is 13.1 Å². The zero-order chi connectivity index (χ0) is 20.3. The van der Waals surface area contributed by atoms with Gasteiger partial charge in [-0.15, -0.1) is 0 Å². The van der Waals surface area contributed by atoms with E-state index < -0.39 is 0 Å². The maximum atomic E-state index is 11.0. The summed E-state index contributed by atoms with van der Waals surface area (Å²) < 4.78 is 4.66. The van der Waals surface area contributed by atoms with Gasteiger partial charge in [0, 0.05) is 6.42 Å². The molecule has 0 N–H and O–H groups in total. The van der Waals surface area contributed by atoms with E-state index in [1.807, 2.05) is 0 Å². The minimum atomic E-state index is -0.0865. The van der Waals surface area contributed by atoms with Crippen LogP contribution in [0.3, 0.4) is 0 Å². The summed E-state index contributed by atoms with van der Waals surface area (Å²) in [6.45, 7) is 0. The molecule has 2 heteroatoms. The van der Waals surface area contributed by atoms with Gasteiger partial charge in [-0.3, -0.25) is 4.79 Å². The monoisotopic (exact) mass is 388 g/mol. The van der Waals surface area contributed by atoms with Gasteiger partial charge in [0.05, 0.1) is 7.11 Å². The van der Waals surface area contributed by atoms with Crippen LogP contribution in [0.1, 0.15) is 63.4 Å². The van der Waals surface area contributed by atoms with Crippen LogP contribution < -0.4 is 0 Å². The second-order valence-corrected chi connectivity index (χ2v) is 7.80. The lowest BCUT2D eigenvalue weighted by Gasteiger charge is -2.04. The number of allylic oxidation sites excluding steroid dienone is 1. The Morgan fingerprint density at radius 2 is 1.38 bits per heavy atom. The Bertz CT molecular complexity index is 955. The third-order valence-corrected chi connectivity index (χ3v) is 5.52. The van der Waals surface area contributed by atoms with Gasteiger partial charge >= 0.3 is 5.97 Å². The zero-order valence-corrected chi connectivity index (χ0v) is 17.5. The highest BCUT2D eigenvalue weighted by molar-refractivity contribution is 5.98. The maximum Gasteiger partial charge on any atom is 0.305 e. The molecule has 2 nitrogen and oxygen atoms in total. The summed E-state index contributed by atoms with van der Waals surface area (Å²) in [5.74, 6) is -0.0865. The predicted octanol–water partition coefficient (Wildman–Crippen LogP) is 7.69. The van der Waals surface area contributed by atoms with Crippen molar-refractivity contribution in [2.75, 3.05) is 7.11 Å². The van der Waals surface area contributed by atoms with Gasteiger partial charge in [0.2, 0.25) is 0 Å². The molecule has 0 radical (unpaired) electrons. The smallest absolute Gasteiger partial charge is 0.305 e. The summed E-state index contributed by atoms with van der Waals surface area (Å²) in [5.41, 5.74) is 1.28. The fourth-order valence-corrected chi connectivity index (χ4v) is 3.80. The van der Waals surface area contributed by atoms with E-state index in [1.165, 1.54) is 66.3 Å². The molecule has 0 spiro atoms. The summed E-state index contributed by atoms with van der Waals surface area (Å²) >= 11 is 0. The summed E-state index contributed by atoms with van der Waals surface area (Å²) in [5, 5.41) is 5.20. The van der Waals surface area contributed by atoms with Gasteiger partial charge in [0.15, 0.2) is 0 Å². The molecule has 0 aliphatic rings. The third kappa shape index (κ3) is 6.74. The zero-order valence-electron chi connectivity index (χ0n) is 17.5. The summed E-state index contributed by atoms with van der Waals surface area (Å²) in [7, 11) is 1.46. The average Bonchev–Trinajstić information content (AvgIpc) is 2.75. The van der Waals surface area contributed by atoms with Gasteiger partial charge in [-0.2, -0.15) is 0 Å². The van der Waals surface area contributed by atoms with Gasteiger partial charge in [0.25, 0.3) is 0 Å². The molecule has 0 fully saturated rings. The van der Waals surface area contributed by atoms with Crippen LogP contribution in [0.4, 0.5) is 0 Å². The van der Waals surface area contributed by atoms with Crippen LogP contribution in [0.25, 0.3) is 27.6 Å². The van der Waals surface area contributed by atoms with Crippen molar-refractivity contribution < 1.29 is 9.53 Å². The van der Waals surface area contributed by atoms with Crippen molar-refractivity contribution in [3.63, 3.8) is 0 Å². The number of methoxy groups -OCH3 is 1. The SMILES string of the molecule is COC(=O)CCCCCCCCC/C=C\c1ccc2cc3ccccc3cc2c1. The van der Waals surface area contributed by atoms with Crippen LogP contribution >= 0.6 is 0 Å². The van der Waals surface area contributed by atoms with E-state index in [0.717, 1.165) is 19.3 Å². The second kappa shape index (κ2) is 11.4. The van der Waals surface area contributed by atoms with E-state index in [1.54, 1.807) is 0 Å². The number of ether oxygens (including phenoxy) is 1. The van der Waals surface area contributed by atoms with Crippen LogP contribution in [0, 0.1) is 0 Å². The van der Waals surface area contributed by atoms with Crippen molar-refractivity contribution in [3.05, 3.63) is 66.2 Å². The van der Waals surface area contributed by atoms with Crippen LogP contribution in [-0.2, 0) is 9.53 Å². The Morgan fingerprint density at radius 3 is 2.10 bits per heavy atom. The molecule has 0 atom stereocenters. The van der Waals surface area contributed by atoms with Crippen molar-refractivity contribution in [2.24, 2.45) is 0 Å². The Morgan fingerprint density at radius 1 is 0.759 bits per heavy atom. The third-order valence-electron chi connectivity index (χ3n) is 5.52. The standard InChI is InChI=1S/C27H32O2/c1-29-27(28)16-10-8-6-4-2-3-5-7-9-13-22-17-18-25-20-23-14-11-12-15-24(23)21-26(25)19-22/h9,11-15,17-21H,2-8,10,16H2,1H3/b13-9-. The van der Waals surface area contributed by atoms with Crippen molar-refractivity contribution in [1.29, 1.82) is 0 Å². The van der Waals surface area contributed by atoms with E-state index in [2.05, 4.69) is 71.5 Å². The van der Waals surface area contributed by atoms with E-state index in [9.17, 15) is 4.79 Å². The van der Waals surface area contributed by atoms with Gasteiger partial charge in [-0.1, -0.05) is 80.7 Å². The minimum Gasteiger partial charge on any atom is -0.469 e. The largest absolute Gasteiger partial charge is 0.469 e. The number of hydrogen-bond donors (Lipinski definition) is 0. The number of esters is 1. The highest BCUT2D eigenvalue weighted by atomic mass is 16.5. The molecule has 3 rings (SSSR count). The van der Waals surface area contributed by atoms with Crippen molar-refractivity contribution in [3.8, 4) is 0 Å². The van der Waals surface area contributed by atoms with E-state index in [4.69, 9.17) is 0 Å². The summed E-state index contributed by atoms with van der Waals surface area (Å²) in [6, 6.07) is 19.8. The predicted molar refractivity (Wildman–Crippen MR) is 124 cm³/mol. The minimum absolute atomic E-state index is 0.0865. The van der Waals surface area contributed by atoms with Gasteiger partial charge < -0.3 is 4.74 Å². The van der Waals surface area contributed by atoms with Crippen molar-refractivity contribution >= 4 is 33.6 Å². The molecule has 0 saturated carbocycles. The lowest BCUT2D eigenvalue weighted by molar-refractivity contribution is -0.140. The summed E-state index contributed by atoms with van der Waals surface area (Å²) in [6.07, 6.45) is 14.6. The topological polar surface area (TPSA) is 26.3 Å². The number of unbranched alkanes of at least 4 members (excludes halogenated alkanes) is 7. The van der Waals surface area contributed by atoms with Crippen molar-refractivity contribution in [2.45, 2.75) is 57.8 Å². The van der Waals surface area contributed by atoms with E-state index >= 15 is 0 Å². The molecule has 3 aromatic rings.